The Hall–Kier alpha value is -2.90. The normalized spacial score (nSPS) is 13.8. The third-order valence-corrected chi connectivity index (χ3v) is 9.19. The van der Waals surface area contributed by atoms with Crippen molar-refractivity contribution in [2.45, 2.75) is 31.8 Å². The molecule has 1 fully saturated rings. The number of carboxylic acid groups (broad SMARTS) is 1. The minimum Gasteiger partial charge on any atom is -0.481 e. The van der Waals surface area contributed by atoms with Gasteiger partial charge >= 0.3 is 12.1 Å². The summed E-state index contributed by atoms with van der Waals surface area (Å²) in [5, 5.41) is 13.8. The number of rotatable bonds is 5. The highest BCUT2D eigenvalue weighted by Gasteiger charge is 2.53. The summed E-state index contributed by atoms with van der Waals surface area (Å²) in [5.74, 6) is 5.42. The molecule has 1 aliphatic rings. The third-order valence-electron chi connectivity index (χ3n) is 5.56. The summed E-state index contributed by atoms with van der Waals surface area (Å²) in [7, 11) is 0. The summed E-state index contributed by atoms with van der Waals surface area (Å²) in [6.45, 7) is 1.91. The van der Waals surface area contributed by atoms with Crippen molar-refractivity contribution in [3.05, 3.63) is 67.3 Å². The standard InChI is InChI=1S/C24H17ClN2O4S3/c1-13-20(26-23(30)31-12-14-4-2-3-5-17(14)25)18(27-34-13)7-6-16-10-15-11-19(33-21(15)32-16)24(8-9-24)22(28)29/h2-5,10-11H,8-9,12H2,1H3,(H,26,30)(H,28,29). The second kappa shape index (κ2) is 9.04. The quantitative estimate of drug-likeness (QED) is 0.283. The van der Waals surface area contributed by atoms with Gasteiger partial charge in [-0.25, -0.2) is 4.79 Å². The highest BCUT2D eigenvalue weighted by atomic mass is 35.5. The van der Waals surface area contributed by atoms with Crippen molar-refractivity contribution in [3.8, 4) is 11.8 Å². The van der Waals surface area contributed by atoms with E-state index in [1.807, 2.05) is 31.2 Å². The average molecular weight is 529 g/mol. The van der Waals surface area contributed by atoms with Gasteiger partial charge in [0.1, 0.15) is 12.0 Å². The van der Waals surface area contributed by atoms with Crippen LogP contribution >= 0.6 is 45.8 Å². The zero-order chi connectivity index (χ0) is 23.9. The molecule has 1 amide bonds. The Morgan fingerprint density at radius 1 is 1.24 bits per heavy atom. The van der Waals surface area contributed by atoms with Gasteiger partial charge in [0, 0.05) is 25.7 Å². The van der Waals surface area contributed by atoms with E-state index in [1.54, 1.807) is 12.1 Å². The number of carbonyl (C=O) groups is 2. The van der Waals surface area contributed by atoms with Gasteiger partial charge in [0.05, 0.1) is 14.6 Å². The average Bonchev–Trinajstić information content (AvgIpc) is 3.25. The van der Waals surface area contributed by atoms with Gasteiger partial charge in [-0.15, -0.1) is 22.7 Å². The van der Waals surface area contributed by atoms with Crippen LogP contribution in [0.25, 0.3) is 9.40 Å². The van der Waals surface area contributed by atoms with Crippen LogP contribution in [-0.2, 0) is 21.6 Å². The lowest BCUT2D eigenvalue weighted by Gasteiger charge is -2.08. The van der Waals surface area contributed by atoms with E-state index in [0.717, 1.165) is 29.6 Å². The number of anilines is 1. The summed E-state index contributed by atoms with van der Waals surface area (Å²) in [6.07, 6.45) is 0.785. The van der Waals surface area contributed by atoms with E-state index in [0.29, 0.717) is 29.2 Å². The van der Waals surface area contributed by atoms with Gasteiger partial charge in [-0.05, 0) is 61.3 Å². The number of fused-ring (bicyclic) bond motifs is 1. The highest BCUT2D eigenvalue weighted by Crippen LogP contribution is 2.52. The Morgan fingerprint density at radius 2 is 2.03 bits per heavy atom. The Kier molecular flexibility index (Phi) is 6.08. The van der Waals surface area contributed by atoms with Gasteiger partial charge in [0.15, 0.2) is 5.69 Å². The fourth-order valence-corrected chi connectivity index (χ4v) is 6.78. The first kappa shape index (κ1) is 22.9. The molecule has 1 aromatic carbocycles. The van der Waals surface area contributed by atoms with E-state index in [4.69, 9.17) is 16.3 Å². The van der Waals surface area contributed by atoms with Crippen LogP contribution < -0.4 is 5.32 Å². The number of hydrogen-bond donors (Lipinski definition) is 2. The van der Waals surface area contributed by atoms with Gasteiger partial charge in [-0.3, -0.25) is 10.1 Å². The predicted octanol–water partition coefficient (Wildman–Crippen LogP) is 6.65. The monoisotopic (exact) mass is 528 g/mol. The van der Waals surface area contributed by atoms with Crippen LogP contribution in [0.3, 0.4) is 0 Å². The zero-order valence-electron chi connectivity index (χ0n) is 17.8. The molecule has 172 valence electrons. The number of benzene rings is 1. The number of hydrogen-bond acceptors (Lipinski definition) is 7. The number of aromatic nitrogens is 1. The fraction of sp³-hybridized carbons (Fsp3) is 0.208. The molecule has 2 N–H and O–H groups in total. The van der Waals surface area contributed by atoms with Crippen LogP contribution in [0.2, 0.25) is 5.02 Å². The van der Waals surface area contributed by atoms with E-state index < -0.39 is 17.5 Å². The van der Waals surface area contributed by atoms with Crippen molar-refractivity contribution < 1.29 is 19.4 Å². The molecule has 1 aliphatic carbocycles. The molecular weight excluding hydrogens is 512 g/mol. The maximum Gasteiger partial charge on any atom is 0.412 e. The second-order valence-corrected chi connectivity index (χ2v) is 11.6. The first-order valence-electron chi connectivity index (χ1n) is 10.3. The van der Waals surface area contributed by atoms with Gasteiger partial charge in [0.2, 0.25) is 0 Å². The summed E-state index contributed by atoms with van der Waals surface area (Å²) in [5.41, 5.74) is 1.03. The molecule has 5 rings (SSSR count). The van der Waals surface area contributed by atoms with Gasteiger partial charge in [-0.2, -0.15) is 4.37 Å². The summed E-state index contributed by atoms with van der Waals surface area (Å²) in [6, 6.07) is 11.1. The van der Waals surface area contributed by atoms with Crippen molar-refractivity contribution in [1.29, 1.82) is 0 Å². The second-order valence-electron chi connectivity index (χ2n) is 7.86. The summed E-state index contributed by atoms with van der Waals surface area (Å²) >= 11 is 10.4. The molecule has 10 heteroatoms. The Balaban J connectivity index is 1.29. The van der Waals surface area contributed by atoms with E-state index in [-0.39, 0.29) is 6.61 Å². The van der Waals surface area contributed by atoms with Crippen molar-refractivity contribution in [2.24, 2.45) is 0 Å². The van der Waals surface area contributed by atoms with Crippen LogP contribution in [0.1, 0.15) is 38.7 Å². The lowest BCUT2D eigenvalue weighted by atomic mass is 10.1. The third kappa shape index (κ3) is 4.42. The number of carboxylic acids is 1. The Morgan fingerprint density at radius 3 is 2.74 bits per heavy atom. The van der Waals surface area contributed by atoms with Crippen molar-refractivity contribution in [3.63, 3.8) is 0 Å². The van der Waals surface area contributed by atoms with Crippen LogP contribution in [0.5, 0.6) is 0 Å². The smallest absolute Gasteiger partial charge is 0.412 e. The van der Waals surface area contributed by atoms with Crippen molar-refractivity contribution in [2.75, 3.05) is 5.32 Å². The molecule has 0 unspecified atom stereocenters. The largest absolute Gasteiger partial charge is 0.481 e. The van der Waals surface area contributed by atoms with E-state index in [2.05, 4.69) is 21.5 Å². The van der Waals surface area contributed by atoms with Crippen molar-refractivity contribution in [1.82, 2.24) is 4.37 Å². The Bertz CT molecular complexity index is 1460. The molecule has 4 aromatic rings. The highest BCUT2D eigenvalue weighted by molar-refractivity contribution is 7.38. The zero-order valence-corrected chi connectivity index (χ0v) is 21.0. The molecular formula is C24H17ClN2O4S3. The maximum absolute atomic E-state index is 12.3. The molecule has 0 aliphatic heterocycles. The first-order valence-corrected chi connectivity index (χ1v) is 13.1. The number of carbonyl (C=O) groups excluding carboxylic acids is 1. The van der Waals surface area contributed by atoms with Crippen LogP contribution in [0.15, 0.2) is 36.4 Å². The minimum absolute atomic E-state index is 0.0558. The SMILES string of the molecule is Cc1snc(C#Cc2cc3cc(C4(C(=O)O)CC4)sc3s2)c1NC(=O)OCc1ccccc1Cl. The molecule has 0 radical (unpaired) electrons. The van der Waals surface area contributed by atoms with Gasteiger partial charge < -0.3 is 9.84 Å². The maximum atomic E-state index is 12.3. The number of thiophene rings is 2. The lowest BCUT2D eigenvalue weighted by molar-refractivity contribution is -0.139. The van der Waals surface area contributed by atoms with Crippen LogP contribution in [-0.4, -0.2) is 21.5 Å². The molecule has 1 saturated carbocycles. The van der Waals surface area contributed by atoms with Crippen LogP contribution in [0, 0.1) is 18.8 Å². The fourth-order valence-electron chi connectivity index (χ4n) is 3.45. The van der Waals surface area contributed by atoms with Crippen molar-refractivity contribution >= 4 is 73.0 Å². The van der Waals surface area contributed by atoms with E-state index >= 15 is 0 Å². The molecule has 34 heavy (non-hydrogen) atoms. The molecule has 6 nitrogen and oxygen atoms in total. The summed E-state index contributed by atoms with van der Waals surface area (Å²) < 4.78 is 10.7. The number of nitrogens with zero attached hydrogens (tertiary/aromatic N) is 1. The topological polar surface area (TPSA) is 88.5 Å². The van der Waals surface area contributed by atoms with Crippen LogP contribution in [0.4, 0.5) is 10.5 Å². The molecule has 0 saturated heterocycles. The molecule has 3 heterocycles. The molecule has 0 spiro atoms. The number of aryl methyl sites for hydroxylation is 1. The lowest BCUT2D eigenvalue weighted by Crippen LogP contribution is -2.17. The molecule has 0 atom stereocenters. The van der Waals surface area contributed by atoms with Gasteiger partial charge in [0.25, 0.3) is 0 Å². The summed E-state index contributed by atoms with van der Waals surface area (Å²) in [4.78, 5) is 26.5. The predicted molar refractivity (Wildman–Crippen MR) is 136 cm³/mol. The minimum atomic E-state index is -0.745. The number of amides is 1. The number of nitrogens with one attached hydrogen (secondary N) is 1. The van der Waals surface area contributed by atoms with E-state index in [9.17, 15) is 14.7 Å². The first-order chi connectivity index (χ1) is 16.4. The number of halogens is 1. The molecule has 0 bridgehead atoms. The molecule has 3 aromatic heterocycles. The number of aliphatic carboxylic acids is 1. The number of ether oxygens (including phenoxy) is 1. The van der Waals surface area contributed by atoms with E-state index in [1.165, 1.54) is 34.2 Å². The van der Waals surface area contributed by atoms with Gasteiger partial charge in [-0.1, -0.05) is 29.8 Å². The Labute approximate surface area is 212 Å².